The number of amides is 1. The Morgan fingerprint density at radius 1 is 1.04 bits per heavy atom. The molecular formula is C21H20N4O. The minimum atomic E-state index is -0.441. The van der Waals surface area contributed by atoms with Crippen LogP contribution < -0.4 is 5.73 Å². The van der Waals surface area contributed by atoms with Gasteiger partial charge in [-0.1, -0.05) is 12.1 Å². The fourth-order valence-electron chi connectivity index (χ4n) is 3.49. The van der Waals surface area contributed by atoms with E-state index in [4.69, 9.17) is 10.8 Å². The van der Waals surface area contributed by atoms with E-state index < -0.39 is 5.91 Å². The monoisotopic (exact) mass is 344 g/mol. The molecule has 26 heavy (non-hydrogen) atoms. The summed E-state index contributed by atoms with van der Waals surface area (Å²) in [4.78, 5) is 15.8. The molecule has 2 aromatic heterocycles. The van der Waals surface area contributed by atoms with Crippen molar-refractivity contribution in [2.75, 3.05) is 0 Å². The van der Waals surface area contributed by atoms with Gasteiger partial charge in [0.1, 0.15) is 0 Å². The molecule has 2 saturated carbocycles. The highest BCUT2D eigenvalue weighted by Crippen LogP contribution is 2.45. The highest BCUT2D eigenvalue weighted by Gasteiger charge is 2.32. The second kappa shape index (κ2) is 5.80. The number of carbonyl (C=O) groups is 1. The summed E-state index contributed by atoms with van der Waals surface area (Å²) < 4.78 is 2.10. The summed E-state index contributed by atoms with van der Waals surface area (Å²) in [5, 5.41) is 4.88. The predicted molar refractivity (Wildman–Crippen MR) is 99.3 cm³/mol. The number of nitrogens with zero attached hydrogens (tertiary/aromatic N) is 3. The molecule has 130 valence electrons. The quantitative estimate of drug-likeness (QED) is 0.765. The number of rotatable bonds is 5. The van der Waals surface area contributed by atoms with Gasteiger partial charge >= 0.3 is 0 Å². The van der Waals surface area contributed by atoms with Gasteiger partial charge in [-0.3, -0.25) is 9.78 Å². The first-order valence-corrected chi connectivity index (χ1v) is 9.15. The first-order chi connectivity index (χ1) is 12.7. The number of hydrogen-bond acceptors (Lipinski definition) is 3. The minimum Gasteiger partial charge on any atom is -0.366 e. The number of nitrogens with two attached hydrogens (primary N) is 1. The van der Waals surface area contributed by atoms with Gasteiger partial charge in [-0.2, -0.15) is 5.10 Å². The molecule has 2 aliphatic carbocycles. The number of aromatic nitrogens is 3. The van der Waals surface area contributed by atoms with Crippen molar-refractivity contribution in [2.24, 2.45) is 5.73 Å². The summed E-state index contributed by atoms with van der Waals surface area (Å²) in [7, 11) is 0. The molecule has 0 saturated heterocycles. The average molecular weight is 344 g/mol. The van der Waals surface area contributed by atoms with Crippen molar-refractivity contribution in [2.45, 2.75) is 37.5 Å². The van der Waals surface area contributed by atoms with E-state index in [1.54, 1.807) is 18.5 Å². The Balaban J connectivity index is 1.52. The number of pyridine rings is 1. The molecule has 0 unspecified atom stereocenters. The summed E-state index contributed by atoms with van der Waals surface area (Å²) in [6, 6.07) is 12.1. The predicted octanol–water partition coefficient (Wildman–Crippen LogP) is 3.79. The third-order valence-corrected chi connectivity index (χ3v) is 5.26. The van der Waals surface area contributed by atoms with E-state index in [0.29, 0.717) is 17.4 Å². The molecule has 0 radical (unpaired) electrons. The topological polar surface area (TPSA) is 73.8 Å². The van der Waals surface area contributed by atoms with Crippen LogP contribution in [0.3, 0.4) is 0 Å². The molecule has 1 amide bonds. The zero-order chi connectivity index (χ0) is 17.7. The first-order valence-electron chi connectivity index (χ1n) is 9.15. The van der Waals surface area contributed by atoms with Crippen LogP contribution in [0.25, 0.3) is 16.8 Å². The van der Waals surface area contributed by atoms with E-state index in [0.717, 1.165) is 16.8 Å². The van der Waals surface area contributed by atoms with Crippen LogP contribution in [-0.4, -0.2) is 20.7 Å². The van der Waals surface area contributed by atoms with Gasteiger partial charge in [0.2, 0.25) is 5.91 Å². The average Bonchev–Trinajstić information content (AvgIpc) is 3.60. The Hall–Kier alpha value is -2.95. The van der Waals surface area contributed by atoms with E-state index in [2.05, 4.69) is 27.9 Å². The zero-order valence-electron chi connectivity index (χ0n) is 14.4. The van der Waals surface area contributed by atoms with Gasteiger partial charge in [-0.05, 0) is 55.5 Å². The van der Waals surface area contributed by atoms with Crippen LogP contribution in [0.1, 0.15) is 59.3 Å². The van der Waals surface area contributed by atoms with E-state index >= 15 is 0 Å². The van der Waals surface area contributed by atoms with Crippen LogP contribution in [0.5, 0.6) is 0 Å². The summed E-state index contributed by atoms with van der Waals surface area (Å²) in [5.74, 6) is 0.861. The largest absolute Gasteiger partial charge is 0.366 e. The number of primary amides is 1. The highest BCUT2D eigenvalue weighted by molar-refractivity contribution is 5.99. The molecule has 2 N–H and O–H groups in total. The summed E-state index contributed by atoms with van der Waals surface area (Å²) in [5.41, 5.74) is 11.3. The summed E-state index contributed by atoms with van der Waals surface area (Å²) in [6.07, 6.45) is 8.30. The Kier molecular flexibility index (Phi) is 3.42. The lowest BCUT2D eigenvalue weighted by Gasteiger charge is -2.09. The standard InChI is InChI=1S/C21H20N4O/c22-21(26)17-9-10-23-12-18(17)13-5-7-16(8-6-13)25-20(15-3-4-15)11-19(24-25)14-1-2-14/h5-12,14-15H,1-4H2,(H2,22,26). The Bertz CT molecular complexity index is 982. The molecule has 5 rings (SSSR count). The molecule has 0 aliphatic heterocycles. The van der Waals surface area contributed by atoms with E-state index in [1.807, 2.05) is 12.1 Å². The van der Waals surface area contributed by atoms with Gasteiger partial charge in [0.25, 0.3) is 0 Å². The third kappa shape index (κ3) is 2.69. The van der Waals surface area contributed by atoms with Crippen LogP contribution in [-0.2, 0) is 0 Å². The van der Waals surface area contributed by atoms with Crippen LogP contribution in [0.4, 0.5) is 0 Å². The van der Waals surface area contributed by atoms with Crippen molar-refractivity contribution in [3.63, 3.8) is 0 Å². The summed E-state index contributed by atoms with van der Waals surface area (Å²) in [6.45, 7) is 0. The first kappa shape index (κ1) is 15.3. The van der Waals surface area contributed by atoms with Gasteiger partial charge < -0.3 is 5.73 Å². The van der Waals surface area contributed by atoms with E-state index in [-0.39, 0.29) is 0 Å². The molecule has 5 nitrogen and oxygen atoms in total. The molecule has 2 aliphatic rings. The van der Waals surface area contributed by atoms with Crippen LogP contribution in [0, 0.1) is 0 Å². The van der Waals surface area contributed by atoms with Gasteiger partial charge in [0.05, 0.1) is 11.4 Å². The summed E-state index contributed by atoms with van der Waals surface area (Å²) >= 11 is 0. The van der Waals surface area contributed by atoms with Crippen LogP contribution in [0.15, 0.2) is 48.8 Å². The molecular weight excluding hydrogens is 324 g/mol. The van der Waals surface area contributed by atoms with Crippen LogP contribution in [0.2, 0.25) is 0 Å². The normalized spacial score (nSPS) is 16.6. The smallest absolute Gasteiger partial charge is 0.249 e. The van der Waals surface area contributed by atoms with Crippen molar-refractivity contribution >= 4 is 5.91 Å². The van der Waals surface area contributed by atoms with E-state index in [9.17, 15) is 4.79 Å². The molecule has 0 atom stereocenters. The lowest BCUT2D eigenvalue weighted by atomic mass is 10.0. The maximum Gasteiger partial charge on any atom is 0.249 e. The lowest BCUT2D eigenvalue weighted by molar-refractivity contribution is 0.100. The molecule has 0 bridgehead atoms. The van der Waals surface area contributed by atoms with Crippen molar-refractivity contribution < 1.29 is 4.79 Å². The number of hydrogen-bond donors (Lipinski definition) is 1. The van der Waals surface area contributed by atoms with Crippen molar-refractivity contribution in [1.82, 2.24) is 14.8 Å². The molecule has 3 aromatic rings. The van der Waals surface area contributed by atoms with Crippen molar-refractivity contribution in [1.29, 1.82) is 0 Å². The molecule has 1 aromatic carbocycles. The maximum atomic E-state index is 11.7. The van der Waals surface area contributed by atoms with E-state index in [1.165, 1.54) is 37.1 Å². The van der Waals surface area contributed by atoms with Gasteiger partial charge in [-0.15, -0.1) is 0 Å². The second-order valence-electron chi connectivity index (χ2n) is 7.29. The maximum absolute atomic E-state index is 11.7. The molecule has 2 heterocycles. The minimum absolute atomic E-state index is 0.441. The fourth-order valence-corrected chi connectivity index (χ4v) is 3.49. The molecule has 0 spiro atoms. The Morgan fingerprint density at radius 2 is 1.77 bits per heavy atom. The zero-order valence-corrected chi connectivity index (χ0v) is 14.4. The number of carbonyl (C=O) groups excluding carboxylic acids is 1. The fraction of sp³-hybridized carbons (Fsp3) is 0.286. The Labute approximate surface area is 151 Å². The molecule has 2 fully saturated rings. The highest BCUT2D eigenvalue weighted by atomic mass is 16.1. The molecule has 5 heteroatoms. The van der Waals surface area contributed by atoms with Gasteiger partial charge in [0, 0.05) is 41.1 Å². The SMILES string of the molecule is NC(=O)c1ccncc1-c1ccc(-n2nc(C3CC3)cc2C2CC2)cc1. The third-order valence-electron chi connectivity index (χ3n) is 5.26. The van der Waals surface area contributed by atoms with Gasteiger partial charge in [0.15, 0.2) is 0 Å². The van der Waals surface area contributed by atoms with Crippen molar-refractivity contribution in [3.05, 3.63) is 65.7 Å². The van der Waals surface area contributed by atoms with Gasteiger partial charge in [-0.25, -0.2) is 4.68 Å². The second-order valence-corrected chi connectivity index (χ2v) is 7.29. The van der Waals surface area contributed by atoms with Crippen LogP contribution >= 0.6 is 0 Å². The van der Waals surface area contributed by atoms with Crippen molar-refractivity contribution in [3.8, 4) is 16.8 Å². The lowest BCUT2D eigenvalue weighted by Crippen LogP contribution is -2.12. The number of benzene rings is 1. The Morgan fingerprint density at radius 3 is 2.42 bits per heavy atom.